The molecule has 0 saturated heterocycles. The maximum atomic E-state index is 12.2. The number of hydrogen-bond acceptors (Lipinski definition) is 3. The van der Waals surface area contributed by atoms with Crippen LogP contribution in [-0.2, 0) is 10.3 Å². The molecule has 1 aliphatic rings. The summed E-state index contributed by atoms with van der Waals surface area (Å²) in [7, 11) is 0. The molecule has 3 rings (SSSR count). The van der Waals surface area contributed by atoms with Gasteiger partial charge in [-0.15, -0.1) is 0 Å². The summed E-state index contributed by atoms with van der Waals surface area (Å²) < 4.78 is 0. The van der Waals surface area contributed by atoms with Crippen molar-refractivity contribution in [2.24, 2.45) is 5.92 Å². The van der Waals surface area contributed by atoms with Crippen molar-refractivity contribution in [1.82, 2.24) is 15.3 Å². The maximum absolute atomic E-state index is 12.2. The molecule has 0 atom stereocenters. The van der Waals surface area contributed by atoms with E-state index in [9.17, 15) is 9.59 Å². The van der Waals surface area contributed by atoms with Gasteiger partial charge in [0.2, 0.25) is 5.91 Å². The van der Waals surface area contributed by atoms with Crippen LogP contribution in [0.5, 0.6) is 0 Å². The van der Waals surface area contributed by atoms with Crippen molar-refractivity contribution in [2.75, 3.05) is 0 Å². The zero-order valence-electron chi connectivity index (χ0n) is 13.3. The molecule has 0 bridgehead atoms. The second-order valence-corrected chi connectivity index (χ2v) is 6.56. The second-order valence-electron chi connectivity index (χ2n) is 6.56. The highest BCUT2D eigenvalue weighted by Crippen LogP contribution is 2.38. The molecule has 6 nitrogen and oxygen atoms in total. The molecular weight excluding hydrogens is 294 g/mol. The monoisotopic (exact) mass is 315 g/mol. The fourth-order valence-corrected chi connectivity index (χ4v) is 3.15. The summed E-state index contributed by atoms with van der Waals surface area (Å²) in [6, 6.07) is 4.83. The van der Waals surface area contributed by atoms with E-state index in [4.69, 9.17) is 5.11 Å². The number of carboxylic acids is 1. The zero-order chi connectivity index (χ0) is 16.6. The van der Waals surface area contributed by atoms with Crippen molar-refractivity contribution in [1.29, 1.82) is 0 Å². The molecule has 1 heterocycles. The molecule has 3 N–H and O–H groups in total. The van der Waals surface area contributed by atoms with Gasteiger partial charge in [0.25, 0.3) is 0 Å². The van der Waals surface area contributed by atoms with E-state index in [1.165, 1.54) is 0 Å². The molecule has 122 valence electrons. The lowest BCUT2D eigenvalue weighted by Crippen LogP contribution is -2.46. The van der Waals surface area contributed by atoms with Gasteiger partial charge in [-0.05, 0) is 31.0 Å². The largest absolute Gasteiger partial charge is 0.478 e. The molecular formula is C17H21N3O3. The van der Waals surface area contributed by atoms with Crippen molar-refractivity contribution < 1.29 is 14.7 Å². The molecule has 1 fully saturated rings. The standard InChI is InChI=1S/C17H21N3O3/c1-10(2)14(21)20-17(7-3-4-8-17)16-18-12-6-5-11(15(22)23)9-13(12)19-16/h5-6,9-10H,3-4,7-8H2,1-2H3,(H,18,19)(H,20,21)(H,22,23). The van der Waals surface area contributed by atoms with Gasteiger partial charge in [-0.2, -0.15) is 0 Å². The number of carbonyl (C=O) groups is 2. The van der Waals surface area contributed by atoms with Crippen molar-refractivity contribution >= 4 is 22.9 Å². The molecule has 0 unspecified atom stereocenters. The summed E-state index contributed by atoms with van der Waals surface area (Å²) in [5, 5.41) is 12.3. The molecule has 6 heteroatoms. The number of aromatic nitrogens is 2. The van der Waals surface area contributed by atoms with Crippen molar-refractivity contribution in [3.63, 3.8) is 0 Å². The van der Waals surface area contributed by atoms with Crippen LogP contribution in [0.3, 0.4) is 0 Å². The Morgan fingerprint density at radius 3 is 2.61 bits per heavy atom. The first-order valence-corrected chi connectivity index (χ1v) is 7.97. The van der Waals surface area contributed by atoms with Crippen LogP contribution in [0.4, 0.5) is 0 Å². The van der Waals surface area contributed by atoms with Gasteiger partial charge in [-0.25, -0.2) is 9.78 Å². The van der Waals surface area contributed by atoms with E-state index >= 15 is 0 Å². The molecule has 0 spiro atoms. The number of rotatable bonds is 4. The normalized spacial score (nSPS) is 16.8. The number of fused-ring (bicyclic) bond motifs is 1. The fraction of sp³-hybridized carbons (Fsp3) is 0.471. The third-order valence-electron chi connectivity index (χ3n) is 4.53. The topological polar surface area (TPSA) is 95.1 Å². The summed E-state index contributed by atoms with van der Waals surface area (Å²) >= 11 is 0. The third-order valence-corrected chi connectivity index (χ3v) is 4.53. The van der Waals surface area contributed by atoms with Crippen molar-refractivity contribution in [3.05, 3.63) is 29.6 Å². The number of aromatic carboxylic acids is 1. The number of aromatic amines is 1. The van der Waals surface area contributed by atoms with E-state index < -0.39 is 11.5 Å². The smallest absolute Gasteiger partial charge is 0.335 e. The predicted molar refractivity (Wildman–Crippen MR) is 86.2 cm³/mol. The van der Waals surface area contributed by atoms with Crippen LogP contribution < -0.4 is 5.32 Å². The lowest BCUT2D eigenvalue weighted by molar-refractivity contribution is -0.126. The van der Waals surface area contributed by atoms with Crippen LogP contribution in [0.2, 0.25) is 0 Å². The Balaban J connectivity index is 2.01. The minimum atomic E-state index is -0.966. The van der Waals surface area contributed by atoms with E-state index in [0.29, 0.717) is 5.52 Å². The van der Waals surface area contributed by atoms with Gasteiger partial charge in [0.1, 0.15) is 5.82 Å². The number of H-pyrrole nitrogens is 1. The van der Waals surface area contributed by atoms with E-state index in [1.54, 1.807) is 18.2 Å². The first kappa shape index (κ1) is 15.5. The van der Waals surface area contributed by atoms with Crippen molar-refractivity contribution in [2.45, 2.75) is 45.1 Å². The summed E-state index contributed by atoms with van der Waals surface area (Å²) in [6.07, 6.45) is 3.76. The van der Waals surface area contributed by atoms with E-state index in [1.807, 2.05) is 13.8 Å². The van der Waals surface area contributed by atoms with Crippen LogP contribution in [0.1, 0.15) is 55.7 Å². The fourth-order valence-electron chi connectivity index (χ4n) is 3.15. The van der Waals surface area contributed by atoms with Gasteiger partial charge in [0.05, 0.1) is 22.1 Å². The number of benzene rings is 1. The average molecular weight is 315 g/mol. The van der Waals surface area contributed by atoms with Crippen LogP contribution in [0, 0.1) is 5.92 Å². The predicted octanol–water partition coefficient (Wildman–Crippen LogP) is 2.80. The van der Waals surface area contributed by atoms with Crippen LogP contribution in [-0.4, -0.2) is 27.0 Å². The molecule has 2 aromatic rings. The second kappa shape index (κ2) is 5.68. The molecule has 1 aromatic carbocycles. The Bertz CT molecular complexity index is 758. The Morgan fingerprint density at radius 1 is 1.30 bits per heavy atom. The maximum Gasteiger partial charge on any atom is 0.335 e. The van der Waals surface area contributed by atoms with Crippen LogP contribution >= 0.6 is 0 Å². The average Bonchev–Trinajstić information content (AvgIpc) is 3.13. The number of carbonyl (C=O) groups excluding carboxylic acids is 1. The summed E-state index contributed by atoms with van der Waals surface area (Å²) in [5.41, 5.74) is 1.16. The number of nitrogens with one attached hydrogen (secondary N) is 2. The molecule has 23 heavy (non-hydrogen) atoms. The van der Waals surface area contributed by atoms with Gasteiger partial charge in [0.15, 0.2) is 0 Å². The Morgan fingerprint density at radius 2 is 2.00 bits per heavy atom. The lowest BCUT2D eigenvalue weighted by atomic mass is 9.95. The Kier molecular flexibility index (Phi) is 3.83. The zero-order valence-corrected chi connectivity index (χ0v) is 13.3. The molecule has 1 amide bonds. The van der Waals surface area contributed by atoms with E-state index in [-0.39, 0.29) is 17.4 Å². The molecule has 0 radical (unpaired) electrons. The first-order valence-electron chi connectivity index (χ1n) is 7.97. The summed E-state index contributed by atoms with van der Waals surface area (Å²) in [6.45, 7) is 3.74. The quantitative estimate of drug-likeness (QED) is 0.808. The number of nitrogens with zero attached hydrogens (tertiary/aromatic N) is 1. The van der Waals surface area contributed by atoms with Gasteiger partial charge in [-0.3, -0.25) is 4.79 Å². The van der Waals surface area contributed by atoms with E-state index in [2.05, 4.69) is 15.3 Å². The minimum absolute atomic E-state index is 0.0126. The number of carboxylic acid groups (broad SMARTS) is 1. The molecule has 1 aliphatic carbocycles. The summed E-state index contributed by atoms with van der Waals surface area (Å²) in [4.78, 5) is 31.2. The Hall–Kier alpha value is -2.37. The van der Waals surface area contributed by atoms with Gasteiger partial charge >= 0.3 is 5.97 Å². The van der Waals surface area contributed by atoms with Gasteiger partial charge < -0.3 is 15.4 Å². The van der Waals surface area contributed by atoms with E-state index in [0.717, 1.165) is 37.0 Å². The summed E-state index contributed by atoms with van der Waals surface area (Å²) in [5.74, 6) is -0.317. The lowest BCUT2D eigenvalue weighted by Gasteiger charge is -2.29. The van der Waals surface area contributed by atoms with Gasteiger partial charge in [0, 0.05) is 5.92 Å². The van der Waals surface area contributed by atoms with Crippen LogP contribution in [0.25, 0.3) is 11.0 Å². The SMILES string of the molecule is CC(C)C(=O)NC1(c2nc3ccc(C(=O)O)cc3[nH]2)CCCC1. The van der Waals surface area contributed by atoms with Gasteiger partial charge in [-0.1, -0.05) is 26.7 Å². The highest BCUT2D eigenvalue weighted by molar-refractivity contribution is 5.92. The molecule has 0 aliphatic heterocycles. The Labute approximate surface area is 134 Å². The minimum Gasteiger partial charge on any atom is -0.478 e. The number of imidazole rings is 1. The molecule has 1 saturated carbocycles. The number of hydrogen-bond donors (Lipinski definition) is 3. The van der Waals surface area contributed by atoms with Crippen molar-refractivity contribution in [3.8, 4) is 0 Å². The number of amides is 1. The first-order chi connectivity index (χ1) is 10.9. The highest BCUT2D eigenvalue weighted by atomic mass is 16.4. The third kappa shape index (κ3) is 2.81. The van der Waals surface area contributed by atoms with Crippen LogP contribution in [0.15, 0.2) is 18.2 Å². The highest BCUT2D eigenvalue weighted by Gasteiger charge is 2.40. The molecule has 1 aromatic heterocycles.